The molecule has 3 aromatic rings. The second kappa shape index (κ2) is 12.4. The van der Waals surface area contributed by atoms with Crippen LogP contribution in [-0.2, 0) is 22.6 Å². The largest absolute Gasteiger partial charge is 0.483 e. The lowest BCUT2D eigenvalue weighted by Gasteiger charge is -2.34. The molecule has 3 rings (SSSR count). The Morgan fingerprint density at radius 3 is 2.33 bits per heavy atom. The van der Waals surface area contributed by atoms with Gasteiger partial charge in [-0.05, 0) is 73.0 Å². The normalized spacial score (nSPS) is 12.1. The number of hydrogen-bond acceptors (Lipinski definition) is 3. The molecule has 0 radical (unpaired) electrons. The van der Waals surface area contributed by atoms with Crippen molar-refractivity contribution in [2.24, 2.45) is 0 Å². The number of nitrogens with one attached hydrogen (secondary N) is 1. The zero-order chi connectivity index (χ0) is 26.3. The standard InChI is InChI=1S/C29H32BrClN2O3/c1-20-9-8-12-22(15-20)18-33(27(34)19-36-26-14-13-23(31)17-24(26)30)25(28(35)32-29(2,3)4)16-21-10-6-5-7-11-21/h5-15,17,25H,16,18-19H2,1-4H3,(H,32,35)/t25-/m0/s1. The van der Waals surface area contributed by atoms with Crippen LogP contribution in [0.1, 0.15) is 37.5 Å². The van der Waals surface area contributed by atoms with Crippen molar-refractivity contribution in [2.45, 2.75) is 52.2 Å². The Kier molecular flexibility index (Phi) is 9.57. The summed E-state index contributed by atoms with van der Waals surface area (Å²) in [5.41, 5.74) is 2.54. The summed E-state index contributed by atoms with van der Waals surface area (Å²) in [6.45, 7) is 7.85. The van der Waals surface area contributed by atoms with Gasteiger partial charge in [0.05, 0.1) is 4.47 Å². The molecule has 0 aliphatic rings. The molecule has 0 saturated heterocycles. The van der Waals surface area contributed by atoms with Crippen LogP contribution in [0.25, 0.3) is 0 Å². The summed E-state index contributed by atoms with van der Waals surface area (Å²) < 4.78 is 6.50. The topological polar surface area (TPSA) is 58.6 Å². The molecule has 0 unspecified atom stereocenters. The molecule has 0 bridgehead atoms. The molecule has 2 amide bonds. The molecule has 5 nitrogen and oxygen atoms in total. The van der Waals surface area contributed by atoms with E-state index in [2.05, 4.69) is 21.2 Å². The number of benzene rings is 3. The molecule has 0 fully saturated rings. The highest BCUT2D eigenvalue weighted by Gasteiger charge is 2.32. The van der Waals surface area contributed by atoms with Gasteiger partial charge in [0.1, 0.15) is 11.8 Å². The summed E-state index contributed by atoms with van der Waals surface area (Å²) >= 11 is 9.46. The molecule has 0 aliphatic heterocycles. The second-order valence-corrected chi connectivity index (χ2v) is 11.1. The Labute approximate surface area is 226 Å². The first-order valence-corrected chi connectivity index (χ1v) is 13.0. The van der Waals surface area contributed by atoms with Gasteiger partial charge < -0.3 is 15.0 Å². The van der Waals surface area contributed by atoms with Gasteiger partial charge in [0.25, 0.3) is 5.91 Å². The fraction of sp³-hybridized carbons (Fsp3) is 0.310. The molecule has 0 aliphatic carbocycles. The van der Waals surface area contributed by atoms with Gasteiger partial charge in [-0.25, -0.2) is 0 Å². The predicted molar refractivity (Wildman–Crippen MR) is 148 cm³/mol. The van der Waals surface area contributed by atoms with Crippen LogP contribution in [0.2, 0.25) is 5.02 Å². The minimum Gasteiger partial charge on any atom is -0.483 e. The Balaban J connectivity index is 1.94. The van der Waals surface area contributed by atoms with Crippen molar-refractivity contribution in [3.8, 4) is 5.75 Å². The van der Waals surface area contributed by atoms with Gasteiger partial charge >= 0.3 is 0 Å². The van der Waals surface area contributed by atoms with Crippen LogP contribution >= 0.6 is 27.5 Å². The zero-order valence-corrected chi connectivity index (χ0v) is 23.4. The summed E-state index contributed by atoms with van der Waals surface area (Å²) in [6.07, 6.45) is 0.380. The van der Waals surface area contributed by atoms with Gasteiger partial charge in [-0.3, -0.25) is 9.59 Å². The number of carbonyl (C=O) groups excluding carboxylic acids is 2. The van der Waals surface area contributed by atoms with E-state index in [0.29, 0.717) is 21.7 Å². The van der Waals surface area contributed by atoms with Crippen LogP contribution in [0.5, 0.6) is 5.75 Å². The molecule has 1 atom stereocenters. The highest BCUT2D eigenvalue weighted by atomic mass is 79.9. The van der Waals surface area contributed by atoms with Gasteiger partial charge in [-0.1, -0.05) is 71.8 Å². The maximum atomic E-state index is 13.7. The smallest absolute Gasteiger partial charge is 0.261 e. The van der Waals surface area contributed by atoms with Crippen molar-refractivity contribution in [3.63, 3.8) is 0 Å². The molecule has 1 N–H and O–H groups in total. The van der Waals surface area contributed by atoms with E-state index in [1.807, 2.05) is 82.3 Å². The first-order chi connectivity index (χ1) is 17.0. The minimum absolute atomic E-state index is 0.208. The Hall–Kier alpha value is -2.83. The number of ether oxygens (including phenoxy) is 1. The number of carbonyl (C=O) groups is 2. The lowest BCUT2D eigenvalue weighted by atomic mass is 10.0. The van der Waals surface area contributed by atoms with Crippen molar-refractivity contribution in [1.82, 2.24) is 10.2 Å². The minimum atomic E-state index is -0.725. The molecule has 3 aromatic carbocycles. The van der Waals surface area contributed by atoms with Crippen LogP contribution < -0.4 is 10.1 Å². The van der Waals surface area contributed by atoms with Gasteiger partial charge in [-0.2, -0.15) is 0 Å². The molecular formula is C29H32BrClN2O3. The first-order valence-electron chi connectivity index (χ1n) is 11.8. The van der Waals surface area contributed by atoms with Crippen molar-refractivity contribution >= 4 is 39.3 Å². The van der Waals surface area contributed by atoms with Crippen molar-refractivity contribution < 1.29 is 14.3 Å². The summed E-state index contributed by atoms with van der Waals surface area (Å²) in [7, 11) is 0. The van der Waals surface area contributed by atoms with E-state index in [1.165, 1.54) is 0 Å². The third-order valence-corrected chi connectivity index (χ3v) is 6.30. The van der Waals surface area contributed by atoms with E-state index >= 15 is 0 Å². The quantitative estimate of drug-likeness (QED) is 0.326. The summed E-state index contributed by atoms with van der Waals surface area (Å²) in [5.74, 6) is 0.00499. The number of hydrogen-bond donors (Lipinski definition) is 1. The molecule has 36 heavy (non-hydrogen) atoms. The van der Waals surface area contributed by atoms with Crippen LogP contribution in [0.15, 0.2) is 77.3 Å². The van der Waals surface area contributed by atoms with E-state index in [1.54, 1.807) is 23.1 Å². The van der Waals surface area contributed by atoms with E-state index in [0.717, 1.165) is 16.7 Å². The highest BCUT2D eigenvalue weighted by Crippen LogP contribution is 2.28. The monoisotopic (exact) mass is 570 g/mol. The zero-order valence-electron chi connectivity index (χ0n) is 21.1. The molecule has 0 heterocycles. The highest BCUT2D eigenvalue weighted by molar-refractivity contribution is 9.10. The van der Waals surface area contributed by atoms with Crippen molar-refractivity contribution in [3.05, 3.63) is 99.0 Å². The molecule has 0 saturated carbocycles. The maximum absolute atomic E-state index is 13.7. The van der Waals surface area contributed by atoms with Crippen LogP contribution in [0.4, 0.5) is 0 Å². The maximum Gasteiger partial charge on any atom is 0.261 e. The summed E-state index contributed by atoms with van der Waals surface area (Å²) in [6, 6.07) is 22.1. The lowest BCUT2D eigenvalue weighted by Crippen LogP contribution is -2.55. The van der Waals surface area contributed by atoms with Crippen molar-refractivity contribution in [1.29, 1.82) is 0 Å². The molecular weight excluding hydrogens is 540 g/mol. The van der Waals surface area contributed by atoms with Crippen LogP contribution in [0, 0.1) is 6.92 Å². The number of amides is 2. The Bertz CT molecular complexity index is 1190. The number of aryl methyl sites for hydroxylation is 1. The Morgan fingerprint density at radius 1 is 1.00 bits per heavy atom. The molecule has 0 aromatic heterocycles. The lowest BCUT2D eigenvalue weighted by molar-refractivity contribution is -0.143. The number of nitrogens with zero attached hydrogens (tertiary/aromatic N) is 1. The van der Waals surface area contributed by atoms with E-state index in [9.17, 15) is 9.59 Å². The van der Waals surface area contributed by atoms with Gasteiger partial charge in [-0.15, -0.1) is 0 Å². The molecule has 7 heteroatoms. The van der Waals surface area contributed by atoms with Gasteiger partial charge in [0.15, 0.2) is 6.61 Å². The van der Waals surface area contributed by atoms with E-state index in [-0.39, 0.29) is 25.0 Å². The predicted octanol–water partition coefficient (Wildman–Crippen LogP) is 6.34. The van der Waals surface area contributed by atoms with Gasteiger partial charge in [0.2, 0.25) is 5.91 Å². The summed E-state index contributed by atoms with van der Waals surface area (Å²) in [5, 5.41) is 3.62. The fourth-order valence-electron chi connectivity index (χ4n) is 3.83. The van der Waals surface area contributed by atoms with E-state index in [4.69, 9.17) is 16.3 Å². The Morgan fingerprint density at radius 2 is 1.69 bits per heavy atom. The molecule has 190 valence electrons. The van der Waals surface area contributed by atoms with Crippen LogP contribution in [0.3, 0.4) is 0 Å². The van der Waals surface area contributed by atoms with E-state index < -0.39 is 11.6 Å². The third-order valence-electron chi connectivity index (χ3n) is 5.45. The number of rotatable bonds is 9. The van der Waals surface area contributed by atoms with Crippen molar-refractivity contribution in [2.75, 3.05) is 6.61 Å². The summed E-state index contributed by atoms with van der Waals surface area (Å²) in [4.78, 5) is 28.8. The average molecular weight is 572 g/mol. The molecule has 0 spiro atoms. The fourth-order valence-corrected chi connectivity index (χ4v) is 4.63. The number of halogens is 2. The first kappa shape index (κ1) is 27.8. The van der Waals surface area contributed by atoms with Gasteiger partial charge in [0, 0.05) is 23.5 Å². The average Bonchev–Trinajstić information content (AvgIpc) is 2.80. The second-order valence-electron chi connectivity index (χ2n) is 9.82. The third kappa shape index (κ3) is 8.38. The van der Waals surface area contributed by atoms with Crippen LogP contribution in [-0.4, -0.2) is 34.9 Å². The SMILES string of the molecule is Cc1cccc(CN(C(=O)COc2ccc(Cl)cc2Br)[C@@H](Cc2ccccc2)C(=O)NC(C)(C)C)c1.